The molecular weight excluding hydrogens is 189 g/mol. The molecule has 1 aliphatic heterocycles. The van der Waals surface area contributed by atoms with Gasteiger partial charge in [-0.25, -0.2) is 4.39 Å². The van der Waals surface area contributed by atoms with Gasteiger partial charge in [-0.2, -0.15) is 0 Å². The van der Waals surface area contributed by atoms with Crippen molar-refractivity contribution in [2.75, 3.05) is 6.54 Å². The highest BCUT2D eigenvalue weighted by Gasteiger charge is 2.20. The second-order valence-electron chi connectivity index (χ2n) is 4.73. The van der Waals surface area contributed by atoms with Crippen LogP contribution in [0.5, 0.6) is 0 Å². The first-order valence-corrected chi connectivity index (χ1v) is 5.63. The molecule has 15 heavy (non-hydrogen) atoms. The van der Waals surface area contributed by atoms with Crippen LogP contribution in [-0.2, 0) is 6.42 Å². The Bertz CT molecular complexity index is 348. The van der Waals surface area contributed by atoms with E-state index in [9.17, 15) is 4.39 Å². The molecule has 0 radical (unpaired) electrons. The Kier molecular flexibility index (Phi) is 3.06. The van der Waals surface area contributed by atoms with Crippen LogP contribution in [0.25, 0.3) is 0 Å². The van der Waals surface area contributed by atoms with Crippen LogP contribution in [0.4, 0.5) is 4.39 Å². The molecule has 1 saturated heterocycles. The molecular formula is C13H18FN. The fraction of sp³-hybridized carbons (Fsp3) is 0.538. The van der Waals surface area contributed by atoms with Gasteiger partial charge in [-0.05, 0) is 49.4 Å². The van der Waals surface area contributed by atoms with Gasteiger partial charge in [-0.3, -0.25) is 0 Å². The van der Waals surface area contributed by atoms with Gasteiger partial charge in [-0.15, -0.1) is 0 Å². The molecule has 0 unspecified atom stereocenters. The van der Waals surface area contributed by atoms with Gasteiger partial charge >= 0.3 is 0 Å². The van der Waals surface area contributed by atoms with Crippen LogP contribution in [0.15, 0.2) is 18.2 Å². The molecule has 2 atom stereocenters. The maximum Gasteiger partial charge on any atom is 0.126 e. The van der Waals surface area contributed by atoms with Crippen molar-refractivity contribution in [2.24, 2.45) is 5.92 Å². The van der Waals surface area contributed by atoms with Crippen molar-refractivity contribution in [2.45, 2.75) is 32.7 Å². The van der Waals surface area contributed by atoms with E-state index >= 15 is 0 Å². The minimum atomic E-state index is -0.0847. The van der Waals surface area contributed by atoms with Crippen molar-refractivity contribution < 1.29 is 4.39 Å². The van der Waals surface area contributed by atoms with Gasteiger partial charge < -0.3 is 5.32 Å². The molecule has 1 aliphatic rings. The zero-order valence-corrected chi connectivity index (χ0v) is 9.39. The van der Waals surface area contributed by atoms with Crippen molar-refractivity contribution in [3.05, 3.63) is 35.1 Å². The average molecular weight is 207 g/mol. The molecule has 82 valence electrons. The highest BCUT2D eigenvalue weighted by atomic mass is 19.1. The lowest BCUT2D eigenvalue weighted by molar-refractivity contribution is 0.574. The van der Waals surface area contributed by atoms with Gasteiger partial charge in [0.15, 0.2) is 0 Å². The van der Waals surface area contributed by atoms with Crippen molar-refractivity contribution in [3.63, 3.8) is 0 Å². The van der Waals surface area contributed by atoms with Crippen LogP contribution >= 0.6 is 0 Å². The standard InChI is InChI=1S/C13H18FN/c1-9-5-12(15-8-9)6-11-4-3-10(2)13(14)7-11/h3-4,7,9,12,15H,5-6,8H2,1-2H3/t9-,12+/m1/s1. The van der Waals surface area contributed by atoms with Crippen LogP contribution in [0.2, 0.25) is 0 Å². The minimum Gasteiger partial charge on any atom is -0.313 e. The Morgan fingerprint density at radius 3 is 2.87 bits per heavy atom. The monoisotopic (exact) mass is 207 g/mol. The molecule has 0 aliphatic carbocycles. The fourth-order valence-corrected chi connectivity index (χ4v) is 2.22. The third-order valence-electron chi connectivity index (χ3n) is 3.16. The topological polar surface area (TPSA) is 12.0 Å². The first-order valence-electron chi connectivity index (χ1n) is 5.63. The molecule has 1 nitrogen and oxygen atoms in total. The number of hydrogen-bond donors (Lipinski definition) is 1. The van der Waals surface area contributed by atoms with E-state index in [0.29, 0.717) is 6.04 Å². The van der Waals surface area contributed by atoms with Gasteiger partial charge in [0.05, 0.1) is 0 Å². The molecule has 1 heterocycles. The van der Waals surface area contributed by atoms with E-state index in [2.05, 4.69) is 12.2 Å². The van der Waals surface area contributed by atoms with E-state index in [4.69, 9.17) is 0 Å². The van der Waals surface area contributed by atoms with Crippen LogP contribution in [0.3, 0.4) is 0 Å². The minimum absolute atomic E-state index is 0.0847. The second-order valence-corrected chi connectivity index (χ2v) is 4.73. The van der Waals surface area contributed by atoms with Crippen LogP contribution in [-0.4, -0.2) is 12.6 Å². The summed E-state index contributed by atoms with van der Waals surface area (Å²) in [6.07, 6.45) is 2.15. The predicted octanol–water partition coefficient (Wildman–Crippen LogP) is 2.67. The molecule has 0 spiro atoms. The summed E-state index contributed by atoms with van der Waals surface area (Å²) in [5.41, 5.74) is 1.83. The first-order chi connectivity index (χ1) is 7.15. The molecule has 1 aromatic rings. The first kappa shape index (κ1) is 10.6. The third kappa shape index (κ3) is 2.57. The summed E-state index contributed by atoms with van der Waals surface area (Å²) in [5, 5.41) is 3.47. The quantitative estimate of drug-likeness (QED) is 0.786. The number of hydrogen-bond acceptors (Lipinski definition) is 1. The predicted molar refractivity (Wildman–Crippen MR) is 60.4 cm³/mol. The molecule has 1 N–H and O–H groups in total. The SMILES string of the molecule is Cc1ccc(C[C@@H]2C[C@@H](C)CN2)cc1F. The van der Waals surface area contributed by atoms with Gasteiger partial charge in [-0.1, -0.05) is 19.1 Å². The number of nitrogens with one attached hydrogen (secondary N) is 1. The fourth-order valence-electron chi connectivity index (χ4n) is 2.22. The zero-order valence-electron chi connectivity index (χ0n) is 9.39. The highest BCUT2D eigenvalue weighted by molar-refractivity contribution is 5.24. The van der Waals surface area contributed by atoms with Crippen LogP contribution < -0.4 is 5.32 Å². The summed E-state index contributed by atoms with van der Waals surface area (Å²) in [6, 6.07) is 6.09. The largest absolute Gasteiger partial charge is 0.313 e. The van der Waals surface area contributed by atoms with Crippen LogP contribution in [0.1, 0.15) is 24.5 Å². The summed E-state index contributed by atoms with van der Waals surface area (Å²) in [6.45, 7) is 5.15. The lowest BCUT2D eigenvalue weighted by Gasteiger charge is -2.10. The van der Waals surface area contributed by atoms with Gasteiger partial charge in [0.25, 0.3) is 0 Å². The lowest BCUT2D eigenvalue weighted by atomic mass is 10.0. The zero-order chi connectivity index (χ0) is 10.8. The van der Waals surface area contributed by atoms with Crippen molar-refractivity contribution >= 4 is 0 Å². The number of benzene rings is 1. The molecule has 1 fully saturated rings. The van der Waals surface area contributed by atoms with Crippen molar-refractivity contribution in [1.29, 1.82) is 0 Å². The smallest absolute Gasteiger partial charge is 0.126 e. The van der Waals surface area contributed by atoms with Crippen molar-refractivity contribution in [1.82, 2.24) is 5.32 Å². The summed E-state index contributed by atoms with van der Waals surface area (Å²) < 4.78 is 13.3. The Labute approximate surface area is 90.7 Å². The normalized spacial score (nSPS) is 25.8. The van der Waals surface area contributed by atoms with E-state index < -0.39 is 0 Å². The van der Waals surface area contributed by atoms with E-state index in [1.165, 1.54) is 6.42 Å². The van der Waals surface area contributed by atoms with E-state index in [-0.39, 0.29) is 5.82 Å². The van der Waals surface area contributed by atoms with E-state index in [1.54, 1.807) is 13.0 Å². The molecule has 1 aromatic carbocycles. The summed E-state index contributed by atoms with van der Waals surface area (Å²) in [5.74, 6) is 0.670. The molecule has 0 bridgehead atoms. The molecule has 0 aromatic heterocycles. The maximum absolute atomic E-state index is 13.3. The lowest BCUT2D eigenvalue weighted by Crippen LogP contribution is -2.23. The number of aryl methyl sites for hydroxylation is 1. The molecule has 2 heteroatoms. The number of rotatable bonds is 2. The van der Waals surface area contributed by atoms with Crippen molar-refractivity contribution in [3.8, 4) is 0 Å². The molecule has 0 amide bonds. The third-order valence-corrected chi connectivity index (χ3v) is 3.16. The van der Waals surface area contributed by atoms with E-state index in [0.717, 1.165) is 30.0 Å². The van der Waals surface area contributed by atoms with Gasteiger partial charge in [0.2, 0.25) is 0 Å². The average Bonchev–Trinajstić information content (AvgIpc) is 2.58. The molecule has 2 rings (SSSR count). The second kappa shape index (κ2) is 4.31. The summed E-state index contributed by atoms with van der Waals surface area (Å²) in [4.78, 5) is 0. The molecule has 0 saturated carbocycles. The summed E-state index contributed by atoms with van der Waals surface area (Å²) >= 11 is 0. The Hall–Kier alpha value is -0.890. The maximum atomic E-state index is 13.3. The number of halogens is 1. The Balaban J connectivity index is 2.02. The Morgan fingerprint density at radius 2 is 2.27 bits per heavy atom. The van der Waals surface area contributed by atoms with Gasteiger partial charge in [0.1, 0.15) is 5.82 Å². The Morgan fingerprint density at radius 1 is 1.47 bits per heavy atom. The summed E-state index contributed by atoms with van der Waals surface area (Å²) in [7, 11) is 0. The van der Waals surface area contributed by atoms with E-state index in [1.807, 2.05) is 12.1 Å². The van der Waals surface area contributed by atoms with Gasteiger partial charge in [0, 0.05) is 6.04 Å². The van der Waals surface area contributed by atoms with Crippen LogP contribution in [0, 0.1) is 18.7 Å². The highest BCUT2D eigenvalue weighted by Crippen LogP contribution is 2.18.